The molecule has 3 fully saturated rings. The normalized spacial score (nSPS) is 21.9. The van der Waals surface area contributed by atoms with Crippen molar-refractivity contribution < 1.29 is 9.47 Å². The van der Waals surface area contributed by atoms with E-state index in [1.54, 1.807) is 0 Å². The Morgan fingerprint density at radius 1 is 1.03 bits per heavy atom. The quantitative estimate of drug-likeness (QED) is 0.515. The van der Waals surface area contributed by atoms with Gasteiger partial charge in [-0.05, 0) is 68.9 Å². The van der Waals surface area contributed by atoms with Crippen LogP contribution < -0.4 is 20.4 Å². The lowest BCUT2D eigenvalue weighted by molar-refractivity contribution is 0.0515. The summed E-state index contributed by atoms with van der Waals surface area (Å²) in [6.07, 6.45) is 5.46. The number of piperidine rings is 1. The van der Waals surface area contributed by atoms with Gasteiger partial charge in [-0.1, -0.05) is 23.7 Å². The molecular formula is C27H37ClN6O2S. The number of aromatic nitrogens is 2. The summed E-state index contributed by atoms with van der Waals surface area (Å²) in [4.78, 5) is 14.4. The van der Waals surface area contributed by atoms with Gasteiger partial charge in [-0.2, -0.15) is 9.97 Å². The summed E-state index contributed by atoms with van der Waals surface area (Å²) in [5, 5.41) is 8.03. The van der Waals surface area contributed by atoms with Gasteiger partial charge in [0.15, 0.2) is 5.11 Å². The van der Waals surface area contributed by atoms with E-state index in [9.17, 15) is 0 Å². The highest BCUT2D eigenvalue weighted by Gasteiger charge is 2.34. The van der Waals surface area contributed by atoms with E-state index in [1.165, 1.54) is 24.8 Å². The van der Waals surface area contributed by atoms with Crippen molar-refractivity contribution in [3.63, 3.8) is 0 Å². The molecule has 3 aliphatic rings. The van der Waals surface area contributed by atoms with Crippen LogP contribution in [-0.2, 0) is 14.9 Å². The van der Waals surface area contributed by atoms with Gasteiger partial charge in [0.1, 0.15) is 11.6 Å². The number of ether oxygens (including phenoxy) is 2. The molecule has 0 spiro atoms. The number of hydrogen-bond acceptors (Lipinski definition) is 7. The Morgan fingerprint density at radius 3 is 2.46 bits per heavy atom. The van der Waals surface area contributed by atoms with Crippen LogP contribution in [0, 0.1) is 0 Å². The summed E-state index contributed by atoms with van der Waals surface area (Å²) < 4.78 is 11.2. The molecule has 0 amide bonds. The minimum atomic E-state index is -0.0700. The lowest BCUT2D eigenvalue weighted by atomic mass is 9.74. The Hall–Kier alpha value is -2.20. The number of thiocarbonyl (C=S) groups is 1. The zero-order valence-electron chi connectivity index (χ0n) is 21.5. The third kappa shape index (κ3) is 6.45. The molecular weight excluding hydrogens is 508 g/mol. The maximum atomic E-state index is 6.16. The predicted octanol–water partition coefficient (Wildman–Crippen LogP) is 4.38. The van der Waals surface area contributed by atoms with Crippen molar-refractivity contribution in [2.45, 2.75) is 50.5 Å². The smallest absolute Gasteiger partial charge is 0.232 e. The van der Waals surface area contributed by atoms with E-state index < -0.39 is 0 Å². The zero-order valence-corrected chi connectivity index (χ0v) is 23.1. The van der Waals surface area contributed by atoms with Crippen LogP contribution in [0.1, 0.15) is 44.6 Å². The molecule has 3 aliphatic heterocycles. The average molecular weight is 545 g/mol. The largest absolute Gasteiger partial charge is 0.381 e. The van der Waals surface area contributed by atoms with E-state index in [-0.39, 0.29) is 5.41 Å². The molecule has 1 aromatic carbocycles. The molecule has 2 N–H and O–H groups in total. The van der Waals surface area contributed by atoms with Gasteiger partial charge in [-0.25, -0.2) is 0 Å². The zero-order chi connectivity index (χ0) is 25.7. The van der Waals surface area contributed by atoms with Crippen molar-refractivity contribution in [2.75, 3.05) is 67.7 Å². The third-order valence-corrected chi connectivity index (χ3v) is 8.35. The second-order valence-electron chi connectivity index (χ2n) is 10.3. The molecule has 4 heterocycles. The molecule has 37 heavy (non-hydrogen) atoms. The fraction of sp³-hybridized carbons (Fsp3) is 0.593. The molecule has 5 rings (SSSR count). The van der Waals surface area contributed by atoms with Gasteiger partial charge in [-0.3, -0.25) is 0 Å². The van der Waals surface area contributed by atoms with Crippen molar-refractivity contribution in [1.29, 1.82) is 0 Å². The molecule has 10 heteroatoms. The van der Waals surface area contributed by atoms with Gasteiger partial charge < -0.3 is 29.9 Å². The first-order chi connectivity index (χ1) is 18.0. The lowest BCUT2D eigenvalue weighted by Gasteiger charge is -2.38. The molecule has 0 radical (unpaired) electrons. The molecule has 0 saturated carbocycles. The standard InChI is InChI=1S/C27H37ClN6O2S/c1-20-4-2-3-11-34(20)24-18-23(33-12-16-36-17-13-33)30-25(31-24)32-26(37)29-19-27(9-14-35-15-10-27)21-5-7-22(28)8-6-21/h5-8,18,20H,2-4,9-17,19H2,1H3,(H2,29,30,31,32,37)/t20-/m0/s1. The Labute approximate surface area is 230 Å². The average Bonchev–Trinajstić information content (AvgIpc) is 2.93. The Morgan fingerprint density at radius 2 is 1.73 bits per heavy atom. The Bertz CT molecular complexity index is 1060. The summed E-state index contributed by atoms with van der Waals surface area (Å²) in [6, 6.07) is 10.7. The fourth-order valence-electron chi connectivity index (χ4n) is 5.55. The molecule has 0 bridgehead atoms. The van der Waals surface area contributed by atoms with Crippen molar-refractivity contribution in [2.24, 2.45) is 0 Å². The first-order valence-corrected chi connectivity index (χ1v) is 14.2. The molecule has 2 aromatic rings. The van der Waals surface area contributed by atoms with Crippen LogP contribution in [0.3, 0.4) is 0 Å². The fourth-order valence-corrected chi connectivity index (χ4v) is 5.84. The number of rotatable bonds is 6. The monoisotopic (exact) mass is 544 g/mol. The second-order valence-corrected chi connectivity index (χ2v) is 11.1. The number of anilines is 3. The highest BCUT2D eigenvalue weighted by Crippen LogP contribution is 2.35. The molecule has 200 valence electrons. The van der Waals surface area contributed by atoms with Gasteiger partial charge in [-0.15, -0.1) is 0 Å². The van der Waals surface area contributed by atoms with Crippen LogP contribution in [0.4, 0.5) is 17.6 Å². The number of nitrogens with one attached hydrogen (secondary N) is 2. The summed E-state index contributed by atoms with van der Waals surface area (Å²) in [5.41, 5.74) is 1.18. The maximum Gasteiger partial charge on any atom is 0.232 e. The van der Waals surface area contributed by atoms with Crippen LogP contribution in [0.5, 0.6) is 0 Å². The van der Waals surface area contributed by atoms with Crippen LogP contribution in [0.25, 0.3) is 0 Å². The van der Waals surface area contributed by atoms with Crippen LogP contribution >= 0.6 is 23.8 Å². The van der Waals surface area contributed by atoms with Gasteiger partial charge in [0.05, 0.1) is 13.2 Å². The Balaban J connectivity index is 1.33. The van der Waals surface area contributed by atoms with Crippen LogP contribution in [0.15, 0.2) is 30.3 Å². The molecule has 8 nitrogen and oxygen atoms in total. The van der Waals surface area contributed by atoms with E-state index in [4.69, 9.17) is 43.3 Å². The summed E-state index contributed by atoms with van der Waals surface area (Å²) in [7, 11) is 0. The minimum Gasteiger partial charge on any atom is -0.381 e. The number of hydrogen-bond donors (Lipinski definition) is 2. The predicted molar refractivity (Wildman–Crippen MR) is 153 cm³/mol. The van der Waals surface area contributed by atoms with Gasteiger partial charge in [0.2, 0.25) is 5.95 Å². The number of nitrogens with zero attached hydrogens (tertiary/aromatic N) is 4. The van der Waals surface area contributed by atoms with Gasteiger partial charge >= 0.3 is 0 Å². The molecule has 1 aromatic heterocycles. The first kappa shape index (κ1) is 26.4. The van der Waals surface area contributed by atoms with Crippen molar-refractivity contribution in [3.8, 4) is 0 Å². The second kappa shape index (κ2) is 12.1. The third-order valence-electron chi connectivity index (χ3n) is 7.85. The summed E-state index contributed by atoms with van der Waals surface area (Å²) in [5.74, 6) is 2.40. The topological polar surface area (TPSA) is 74.8 Å². The van der Waals surface area contributed by atoms with Crippen molar-refractivity contribution >= 4 is 46.5 Å². The number of halogens is 1. The maximum absolute atomic E-state index is 6.16. The van der Waals surface area contributed by atoms with Gasteiger partial charge in [0, 0.05) is 61.9 Å². The first-order valence-electron chi connectivity index (χ1n) is 13.4. The minimum absolute atomic E-state index is 0.0700. The highest BCUT2D eigenvalue weighted by atomic mass is 35.5. The van der Waals surface area contributed by atoms with E-state index in [2.05, 4.69) is 45.6 Å². The lowest BCUT2D eigenvalue weighted by Crippen LogP contribution is -2.45. The van der Waals surface area contributed by atoms with E-state index in [0.29, 0.717) is 36.9 Å². The highest BCUT2D eigenvalue weighted by molar-refractivity contribution is 7.80. The van der Waals surface area contributed by atoms with Crippen LogP contribution in [0.2, 0.25) is 5.02 Å². The van der Waals surface area contributed by atoms with E-state index in [0.717, 1.165) is 62.3 Å². The summed E-state index contributed by atoms with van der Waals surface area (Å²) in [6.45, 7) is 8.49. The molecule has 0 aliphatic carbocycles. The van der Waals surface area contributed by atoms with Crippen molar-refractivity contribution in [3.05, 3.63) is 40.9 Å². The van der Waals surface area contributed by atoms with Gasteiger partial charge in [0.25, 0.3) is 0 Å². The molecule has 1 atom stereocenters. The number of morpholine rings is 1. The molecule has 3 saturated heterocycles. The van der Waals surface area contributed by atoms with E-state index in [1.807, 2.05) is 12.1 Å². The van der Waals surface area contributed by atoms with E-state index >= 15 is 0 Å². The SMILES string of the molecule is C[C@H]1CCCCN1c1cc(N2CCOCC2)nc(NC(=S)NCC2(c3ccc(Cl)cc3)CCOCC2)n1. The summed E-state index contributed by atoms with van der Waals surface area (Å²) >= 11 is 11.9. The molecule has 0 unspecified atom stereocenters. The number of benzene rings is 1. The van der Waals surface area contributed by atoms with Crippen LogP contribution in [-0.4, -0.2) is 73.7 Å². The van der Waals surface area contributed by atoms with Crippen molar-refractivity contribution in [1.82, 2.24) is 15.3 Å². The Kier molecular flexibility index (Phi) is 8.64.